The van der Waals surface area contributed by atoms with Gasteiger partial charge in [0.25, 0.3) is 0 Å². The van der Waals surface area contributed by atoms with E-state index >= 15 is 0 Å². The molecule has 19 heavy (non-hydrogen) atoms. The van der Waals surface area contributed by atoms with Crippen molar-refractivity contribution in [3.63, 3.8) is 0 Å². The predicted octanol–water partition coefficient (Wildman–Crippen LogP) is 2.10. The molecule has 0 spiro atoms. The molecule has 0 bridgehead atoms. The molecule has 1 saturated heterocycles. The standard InChI is InChI=1S/C15H22N2O2/c1-2-19-14-8-4-3-7-12(14)13(16)11-17-10-6-5-9-15(17)18/h3-4,7-8,13H,2,5-6,9-11,16H2,1H3. The summed E-state index contributed by atoms with van der Waals surface area (Å²) in [6.45, 7) is 3.97. The van der Waals surface area contributed by atoms with Crippen molar-refractivity contribution in [2.24, 2.45) is 5.73 Å². The van der Waals surface area contributed by atoms with Crippen LogP contribution in [0.3, 0.4) is 0 Å². The van der Waals surface area contributed by atoms with Crippen LogP contribution in [-0.4, -0.2) is 30.5 Å². The van der Waals surface area contributed by atoms with Gasteiger partial charge in [-0.25, -0.2) is 0 Å². The first kappa shape index (κ1) is 13.9. The molecule has 1 aliphatic rings. The van der Waals surface area contributed by atoms with Crippen molar-refractivity contribution < 1.29 is 9.53 Å². The average Bonchev–Trinajstić information content (AvgIpc) is 2.42. The first-order valence-electron chi connectivity index (χ1n) is 6.97. The van der Waals surface area contributed by atoms with E-state index in [1.807, 2.05) is 36.1 Å². The van der Waals surface area contributed by atoms with E-state index in [0.717, 1.165) is 30.7 Å². The third-order valence-electron chi connectivity index (χ3n) is 3.46. The molecular weight excluding hydrogens is 240 g/mol. The molecule has 0 saturated carbocycles. The Morgan fingerprint density at radius 1 is 1.37 bits per heavy atom. The molecule has 1 amide bonds. The Labute approximate surface area is 114 Å². The molecule has 2 rings (SSSR count). The van der Waals surface area contributed by atoms with Crippen LogP contribution in [0, 0.1) is 0 Å². The van der Waals surface area contributed by atoms with Crippen LogP contribution in [0.5, 0.6) is 5.75 Å². The van der Waals surface area contributed by atoms with Crippen molar-refractivity contribution in [3.8, 4) is 5.75 Å². The first-order valence-corrected chi connectivity index (χ1v) is 6.97. The largest absolute Gasteiger partial charge is 0.494 e. The van der Waals surface area contributed by atoms with Gasteiger partial charge in [-0.05, 0) is 25.8 Å². The maximum absolute atomic E-state index is 11.8. The van der Waals surface area contributed by atoms with Crippen LogP contribution < -0.4 is 10.5 Å². The highest BCUT2D eigenvalue weighted by atomic mass is 16.5. The third kappa shape index (κ3) is 3.47. The zero-order chi connectivity index (χ0) is 13.7. The lowest BCUT2D eigenvalue weighted by molar-refractivity contribution is -0.133. The van der Waals surface area contributed by atoms with Gasteiger partial charge in [0.2, 0.25) is 5.91 Å². The number of hydrogen-bond acceptors (Lipinski definition) is 3. The molecule has 1 atom stereocenters. The van der Waals surface area contributed by atoms with E-state index in [1.165, 1.54) is 0 Å². The van der Waals surface area contributed by atoms with Gasteiger partial charge in [0.05, 0.1) is 12.6 Å². The smallest absolute Gasteiger partial charge is 0.222 e. The van der Waals surface area contributed by atoms with E-state index < -0.39 is 0 Å². The minimum absolute atomic E-state index is 0.190. The minimum atomic E-state index is -0.190. The number of ether oxygens (including phenoxy) is 1. The highest BCUT2D eigenvalue weighted by Crippen LogP contribution is 2.25. The number of rotatable bonds is 5. The highest BCUT2D eigenvalue weighted by molar-refractivity contribution is 5.76. The Hall–Kier alpha value is -1.55. The highest BCUT2D eigenvalue weighted by Gasteiger charge is 2.22. The molecule has 4 heteroatoms. The number of nitrogens with two attached hydrogens (primary N) is 1. The van der Waals surface area contributed by atoms with E-state index in [9.17, 15) is 4.79 Å². The van der Waals surface area contributed by atoms with Gasteiger partial charge in [-0.2, -0.15) is 0 Å². The molecule has 1 aromatic carbocycles. The zero-order valence-corrected chi connectivity index (χ0v) is 11.5. The number of nitrogens with zero attached hydrogens (tertiary/aromatic N) is 1. The summed E-state index contributed by atoms with van der Waals surface area (Å²) in [7, 11) is 0. The lowest BCUT2D eigenvalue weighted by Gasteiger charge is -2.29. The van der Waals surface area contributed by atoms with Gasteiger partial charge < -0.3 is 15.4 Å². The van der Waals surface area contributed by atoms with Crippen LogP contribution >= 0.6 is 0 Å². The van der Waals surface area contributed by atoms with Crippen LogP contribution in [0.2, 0.25) is 0 Å². The molecule has 2 N–H and O–H groups in total. The third-order valence-corrected chi connectivity index (χ3v) is 3.46. The molecule has 1 aliphatic heterocycles. The summed E-state index contributed by atoms with van der Waals surface area (Å²) in [4.78, 5) is 13.7. The van der Waals surface area contributed by atoms with E-state index in [1.54, 1.807) is 0 Å². The summed E-state index contributed by atoms with van der Waals surface area (Å²) in [6, 6.07) is 7.61. The number of carbonyl (C=O) groups excluding carboxylic acids is 1. The number of piperidine rings is 1. The number of carbonyl (C=O) groups is 1. The van der Waals surface area contributed by atoms with Gasteiger partial charge in [-0.15, -0.1) is 0 Å². The number of hydrogen-bond donors (Lipinski definition) is 1. The fraction of sp³-hybridized carbons (Fsp3) is 0.533. The second-order valence-electron chi connectivity index (χ2n) is 4.87. The van der Waals surface area contributed by atoms with Crippen molar-refractivity contribution in [2.45, 2.75) is 32.2 Å². The van der Waals surface area contributed by atoms with E-state index in [4.69, 9.17) is 10.5 Å². The quantitative estimate of drug-likeness (QED) is 0.884. The molecule has 1 heterocycles. The molecule has 0 radical (unpaired) electrons. The van der Waals surface area contributed by atoms with Crippen LogP contribution in [-0.2, 0) is 4.79 Å². The maximum atomic E-state index is 11.8. The molecule has 4 nitrogen and oxygen atoms in total. The lowest BCUT2D eigenvalue weighted by Crippen LogP contribution is -2.40. The van der Waals surface area contributed by atoms with Gasteiger partial charge in [0.15, 0.2) is 0 Å². The summed E-state index contributed by atoms with van der Waals surface area (Å²) >= 11 is 0. The van der Waals surface area contributed by atoms with Crippen molar-refractivity contribution in [2.75, 3.05) is 19.7 Å². The maximum Gasteiger partial charge on any atom is 0.222 e. The van der Waals surface area contributed by atoms with E-state index in [2.05, 4.69) is 0 Å². The fourth-order valence-corrected chi connectivity index (χ4v) is 2.46. The van der Waals surface area contributed by atoms with Gasteiger partial charge in [0, 0.05) is 25.1 Å². The summed E-state index contributed by atoms with van der Waals surface area (Å²) in [5.74, 6) is 1.04. The number of para-hydroxylation sites is 1. The number of amides is 1. The molecule has 0 aliphatic carbocycles. The van der Waals surface area contributed by atoms with Crippen LogP contribution in [0.4, 0.5) is 0 Å². The average molecular weight is 262 g/mol. The lowest BCUT2D eigenvalue weighted by atomic mass is 10.0. The summed E-state index contributed by atoms with van der Waals surface area (Å²) < 4.78 is 5.59. The van der Waals surface area contributed by atoms with Crippen LogP contribution in [0.1, 0.15) is 37.8 Å². The van der Waals surface area contributed by atoms with Crippen molar-refractivity contribution >= 4 is 5.91 Å². The van der Waals surface area contributed by atoms with Crippen LogP contribution in [0.15, 0.2) is 24.3 Å². The molecule has 1 fully saturated rings. The summed E-state index contributed by atoms with van der Waals surface area (Å²) in [5.41, 5.74) is 7.22. The molecular formula is C15H22N2O2. The Morgan fingerprint density at radius 3 is 2.89 bits per heavy atom. The van der Waals surface area contributed by atoms with Gasteiger partial charge in [0.1, 0.15) is 5.75 Å². The van der Waals surface area contributed by atoms with Gasteiger partial charge >= 0.3 is 0 Å². The number of benzene rings is 1. The Balaban J connectivity index is 2.06. The second-order valence-corrected chi connectivity index (χ2v) is 4.87. The zero-order valence-electron chi connectivity index (χ0n) is 11.5. The Kier molecular flexibility index (Phi) is 4.80. The molecule has 0 aromatic heterocycles. The molecule has 1 unspecified atom stereocenters. The second kappa shape index (κ2) is 6.57. The summed E-state index contributed by atoms with van der Waals surface area (Å²) in [6.07, 6.45) is 2.73. The van der Waals surface area contributed by atoms with Crippen LogP contribution in [0.25, 0.3) is 0 Å². The van der Waals surface area contributed by atoms with Gasteiger partial charge in [-0.3, -0.25) is 4.79 Å². The normalized spacial score (nSPS) is 17.4. The fourth-order valence-electron chi connectivity index (χ4n) is 2.46. The topological polar surface area (TPSA) is 55.6 Å². The van der Waals surface area contributed by atoms with Crippen molar-refractivity contribution in [3.05, 3.63) is 29.8 Å². The first-order chi connectivity index (χ1) is 9.22. The van der Waals surface area contributed by atoms with Gasteiger partial charge in [-0.1, -0.05) is 18.2 Å². The summed E-state index contributed by atoms with van der Waals surface area (Å²) in [5, 5.41) is 0. The van der Waals surface area contributed by atoms with E-state index in [0.29, 0.717) is 19.6 Å². The molecule has 1 aromatic rings. The van der Waals surface area contributed by atoms with Crippen molar-refractivity contribution in [1.29, 1.82) is 0 Å². The predicted molar refractivity (Wildman–Crippen MR) is 75.0 cm³/mol. The van der Waals surface area contributed by atoms with Crippen molar-refractivity contribution in [1.82, 2.24) is 4.90 Å². The molecule has 104 valence electrons. The SMILES string of the molecule is CCOc1ccccc1C(N)CN1CCCCC1=O. The monoisotopic (exact) mass is 262 g/mol. The van der Waals surface area contributed by atoms with E-state index in [-0.39, 0.29) is 11.9 Å². The Bertz CT molecular complexity index is 434. The number of likely N-dealkylation sites (tertiary alicyclic amines) is 1. The Morgan fingerprint density at radius 2 is 2.16 bits per heavy atom. The minimum Gasteiger partial charge on any atom is -0.494 e.